The topological polar surface area (TPSA) is 30.5 Å². The molecule has 0 aliphatic heterocycles. The van der Waals surface area contributed by atoms with Crippen molar-refractivity contribution in [3.05, 3.63) is 22.4 Å². The summed E-state index contributed by atoms with van der Waals surface area (Å²) in [5.41, 5.74) is 1.31. The Morgan fingerprint density at radius 2 is 2.14 bits per heavy atom. The molecule has 14 heavy (non-hydrogen) atoms. The Bertz CT molecular complexity index is 234. The Morgan fingerprint density at radius 1 is 1.43 bits per heavy atom. The molecule has 0 aromatic carbocycles. The van der Waals surface area contributed by atoms with Crippen LogP contribution in [0.4, 0.5) is 0 Å². The minimum atomic E-state index is -0.195. The summed E-state index contributed by atoms with van der Waals surface area (Å²) in [6.07, 6.45) is 0.728. The molecule has 80 valence electrons. The highest BCUT2D eigenvalue weighted by Gasteiger charge is 2.19. The average molecular weight is 215 g/mol. The summed E-state index contributed by atoms with van der Waals surface area (Å²) in [5, 5.41) is 7.42. The molecule has 0 radical (unpaired) electrons. The Kier molecular flexibility index (Phi) is 5.11. The monoisotopic (exact) mass is 215 g/mol. The van der Waals surface area contributed by atoms with Crippen molar-refractivity contribution in [2.24, 2.45) is 0 Å². The fourth-order valence-corrected chi connectivity index (χ4v) is 2.10. The van der Waals surface area contributed by atoms with Gasteiger partial charge in [-0.1, -0.05) is 0 Å². The van der Waals surface area contributed by atoms with Gasteiger partial charge < -0.3 is 14.8 Å². The normalized spacial score (nSPS) is 13.4. The largest absolute Gasteiger partial charge is 0.354 e. The van der Waals surface area contributed by atoms with E-state index in [4.69, 9.17) is 9.47 Å². The van der Waals surface area contributed by atoms with Gasteiger partial charge in [0.25, 0.3) is 0 Å². The molecule has 0 bridgehead atoms. The van der Waals surface area contributed by atoms with E-state index in [-0.39, 0.29) is 12.3 Å². The van der Waals surface area contributed by atoms with Crippen LogP contribution < -0.4 is 5.32 Å². The minimum Gasteiger partial charge on any atom is -0.354 e. The summed E-state index contributed by atoms with van der Waals surface area (Å²) in [6, 6.07) is 2.32. The van der Waals surface area contributed by atoms with Crippen LogP contribution >= 0.6 is 11.3 Å². The van der Waals surface area contributed by atoms with Gasteiger partial charge in [0.15, 0.2) is 6.29 Å². The SMILES string of the molecule is CNC(Cc1ccsc1)C(OC)OC. The number of nitrogens with one attached hydrogen (secondary N) is 1. The molecule has 0 saturated carbocycles. The van der Waals surface area contributed by atoms with E-state index < -0.39 is 0 Å². The lowest BCUT2D eigenvalue weighted by Crippen LogP contribution is -2.41. The quantitative estimate of drug-likeness (QED) is 0.729. The first kappa shape index (κ1) is 11.7. The van der Waals surface area contributed by atoms with Crippen LogP contribution in [0, 0.1) is 0 Å². The van der Waals surface area contributed by atoms with Gasteiger partial charge in [0.05, 0.1) is 6.04 Å². The maximum absolute atomic E-state index is 5.22. The van der Waals surface area contributed by atoms with E-state index in [0.29, 0.717) is 0 Å². The molecule has 0 amide bonds. The van der Waals surface area contributed by atoms with E-state index in [1.165, 1.54) is 5.56 Å². The van der Waals surface area contributed by atoms with Crippen molar-refractivity contribution in [2.45, 2.75) is 18.8 Å². The lowest BCUT2D eigenvalue weighted by atomic mass is 10.1. The fraction of sp³-hybridized carbons (Fsp3) is 0.600. The third kappa shape index (κ3) is 3.06. The summed E-state index contributed by atoms with van der Waals surface area (Å²) in [4.78, 5) is 0. The lowest BCUT2D eigenvalue weighted by molar-refractivity contribution is -0.121. The molecule has 1 heterocycles. The number of hydrogen-bond donors (Lipinski definition) is 1. The van der Waals surface area contributed by atoms with Crippen LogP contribution in [0.25, 0.3) is 0 Å². The molecule has 0 fully saturated rings. The van der Waals surface area contributed by atoms with Crippen LogP contribution in [0.15, 0.2) is 16.8 Å². The Morgan fingerprint density at radius 3 is 2.57 bits per heavy atom. The molecule has 4 heteroatoms. The van der Waals surface area contributed by atoms with Gasteiger partial charge in [0.1, 0.15) is 0 Å². The van der Waals surface area contributed by atoms with Crippen LogP contribution in [0.3, 0.4) is 0 Å². The van der Waals surface area contributed by atoms with E-state index in [1.54, 1.807) is 25.6 Å². The molecule has 1 unspecified atom stereocenters. The zero-order valence-electron chi connectivity index (χ0n) is 8.82. The molecule has 0 aliphatic carbocycles. The second kappa shape index (κ2) is 6.14. The molecule has 1 atom stereocenters. The molecule has 0 saturated heterocycles. The van der Waals surface area contributed by atoms with Gasteiger partial charge in [-0.25, -0.2) is 0 Å². The van der Waals surface area contributed by atoms with Gasteiger partial charge in [0.2, 0.25) is 0 Å². The number of ether oxygens (including phenoxy) is 2. The highest BCUT2D eigenvalue weighted by Crippen LogP contribution is 2.11. The first-order valence-corrected chi connectivity index (χ1v) is 5.50. The van der Waals surface area contributed by atoms with Crippen molar-refractivity contribution in [1.82, 2.24) is 5.32 Å². The molecule has 3 nitrogen and oxygen atoms in total. The van der Waals surface area contributed by atoms with Gasteiger partial charge in [-0.2, -0.15) is 11.3 Å². The Balaban J connectivity index is 2.53. The second-order valence-electron chi connectivity index (χ2n) is 3.07. The zero-order valence-corrected chi connectivity index (χ0v) is 9.64. The third-order valence-electron chi connectivity index (χ3n) is 2.20. The standard InChI is InChI=1S/C10H17NO2S/c1-11-9(10(12-2)13-3)6-8-4-5-14-7-8/h4-5,7,9-11H,6H2,1-3H3. The number of thiophene rings is 1. The molecular weight excluding hydrogens is 198 g/mol. The summed E-state index contributed by atoms with van der Waals surface area (Å²) < 4.78 is 10.4. The predicted molar refractivity (Wildman–Crippen MR) is 58.7 cm³/mol. The summed E-state index contributed by atoms with van der Waals surface area (Å²) >= 11 is 1.71. The van der Waals surface area contributed by atoms with Crippen LogP contribution in [-0.4, -0.2) is 33.6 Å². The van der Waals surface area contributed by atoms with Gasteiger partial charge in [-0.15, -0.1) is 0 Å². The van der Waals surface area contributed by atoms with Crippen LogP contribution in [0.5, 0.6) is 0 Å². The lowest BCUT2D eigenvalue weighted by Gasteiger charge is -2.23. The smallest absolute Gasteiger partial charge is 0.172 e. The van der Waals surface area contributed by atoms with Crippen molar-refractivity contribution < 1.29 is 9.47 Å². The molecular formula is C10H17NO2S. The number of methoxy groups -OCH3 is 2. The molecule has 1 aromatic heterocycles. The van der Waals surface area contributed by atoms with Gasteiger partial charge in [-0.3, -0.25) is 0 Å². The van der Waals surface area contributed by atoms with Crippen LogP contribution in [0.2, 0.25) is 0 Å². The van der Waals surface area contributed by atoms with E-state index in [0.717, 1.165) is 6.42 Å². The fourth-order valence-electron chi connectivity index (χ4n) is 1.42. The zero-order chi connectivity index (χ0) is 10.4. The Labute approximate surface area is 89.0 Å². The highest BCUT2D eigenvalue weighted by atomic mass is 32.1. The average Bonchev–Trinajstić information content (AvgIpc) is 2.70. The van der Waals surface area contributed by atoms with E-state index in [2.05, 4.69) is 22.1 Å². The summed E-state index contributed by atoms with van der Waals surface area (Å²) in [6.45, 7) is 0. The second-order valence-corrected chi connectivity index (χ2v) is 3.85. The molecule has 1 rings (SSSR count). The van der Waals surface area contributed by atoms with E-state index in [1.807, 2.05) is 7.05 Å². The number of hydrogen-bond acceptors (Lipinski definition) is 4. The molecule has 1 N–H and O–H groups in total. The van der Waals surface area contributed by atoms with Gasteiger partial charge >= 0.3 is 0 Å². The van der Waals surface area contributed by atoms with Crippen molar-refractivity contribution >= 4 is 11.3 Å². The maximum atomic E-state index is 5.22. The summed E-state index contributed by atoms with van der Waals surface area (Å²) in [7, 11) is 5.24. The first-order chi connectivity index (χ1) is 6.81. The molecule has 1 aromatic rings. The van der Waals surface area contributed by atoms with Crippen molar-refractivity contribution in [2.75, 3.05) is 21.3 Å². The number of likely N-dealkylation sites (N-methyl/N-ethyl adjacent to an activating group) is 1. The van der Waals surface area contributed by atoms with Crippen molar-refractivity contribution in [3.63, 3.8) is 0 Å². The molecule has 0 aliphatic rings. The van der Waals surface area contributed by atoms with Crippen LogP contribution in [0.1, 0.15) is 5.56 Å². The third-order valence-corrected chi connectivity index (χ3v) is 2.93. The number of rotatable bonds is 6. The minimum absolute atomic E-state index is 0.194. The summed E-state index contributed by atoms with van der Waals surface area (Å²) in [5.74, 6) is 0. The molecule has 0 spiro atoms. The highest BCUT2D eigenvalue weighted by molar-refractivity contribution is 7.07. The Hall–Kier alpha value is -0.420. The first-order valence-electron chi connectivity index (χ1n) is 4.55. The predicted octanol–water partition coefficient (Wildman–Crippen LogP) is 1.50. The van der Waals surface area contributed by atoms with Gasteiger partial charge in [0, 0.05) is 14.2 Å². The van der Waals surface area contributed by atoms with Crippen molar-refractivity contribution in [3.8, 4) is 0 Å². The van der Waals surface area contributed by atoms with Gasteiger partial charge in [-0.05, 0) is 35.9 Å². The van der Waals surface area contributed by atoms with E-state index >= 15 is 0 Å². The van der Waals surface area contributed by atoms with Crippen molar-refractivity contribution in [1.29, 1.82) is 0 Å². The van der Waals surface area contributed by atoms with Crippen LogP contribution in [-0.2, 0) is 15.9 Å². The maximum Gasteiger partial charge on any atom is 0.172 e. The van der Waals surface area contributed by atoms with E-state index in [9.17, 15) is 0 Å².